The van der Waals surface area contributed by atoms with Crippen molar-refractivity contribution in [3.8, 4) is 0 Å². The Labute approximate surface area is 321 Å². The molecule has 0 rings (SSSR count). The smallest absolute Gasteiger partial charge is 0.462 e. The van der Waals surface area contributed by atoms with Gasteiger partial charge in [-0.2, -0.15) is 0 Å². The number of rotatable bonds is 35. The Hall–Kier alpha value is -2.81. The Balaban J connectivity index is 4.11. The molecule has 0 fully saturated rings. The number of phosphoric ester groups is 1. The molecule has 0 aliphatic rings. The summed E-state index contributed by atoms with van der Waals surface area (Å²) in [5, 5.41) is 9.83. The first-order valence-electron chi connectivity index (χ1n) is 20.0. The largest absolute Gasteiger partial charge is 0.469 e. The Bertz CT molecular complexity index is 1150. The zero-order chi connectivity index (χ0) is 39.1. The molecule has 0 bridgehead atoms. The van der Waals surface area contributed by atoms with E-state index in [4.69, 9.17) is 19.3 Å². The molecule has 0 aromatic rings. The molecule has 1 unspecified atom stereocenters. The van der Waals surface area contributed by atoms with Crippen molar-refractivity contribution in [2.24, 2.45) is 0 Å². The molecule has 2 atom stereocenters. The highest BCUT2D eigenvalue weighted by Crippen LogP contribution is 2.36. The molecule has 0 aromatic carbocycles. The number of ether oxygens (including phenoxy) is 2. The van der Waals surface area contributed by atoms with Crippen LogP contribution in [0.1, 0.15) is 149 Å². The van der Waals surface area contributed by atoms with Gasteiger partial charge >= 0.3 is 19.8 Å². The zero-order valence-corrected chi connectivity index (χ0v) is 33.6. The van der Waals surface area contributed by atoms with Gasteiger partial charge in [0.25, 0.3) is 0 Å². The summed E-state index contributed by atoms with van der Waals surface area (Å²) in [6, 6.07) is 0. The van der Waals surface area contributed by atoms with Gasteiger partial charge in [-0.25, -0.2) is 4.57 Å². The van der Waals surface area contributed by atoms with Gasteiger partial charge in [0, 0.05) is 12.8 Å². The van der Waals surface area contributed by atoms with E-state index in [1.807, 2.05) is 24.3 Å². The number of esters is 2. The lowest BCUT2D eigenvalue weighted by Crippen LogP contribution is -2.29. The van der Waals surface area contributed by atoms with Crippen LogP contribution in [0.15, 0.2) is 85.1 Å². The quantitative estimate of drug-likeness (QED) is 0.0189. The van der Waals surface area contributed by atoms with Crippen molar-refractivity contribution in [2.45, 2.75) is 161 Å². The second kappa shape index (κ2) is 37.5. The van der Waals surface area contributed by atoms with Crippen molar-refractivity contribution in [1.82, 2.24) is 0 Å². The van der Waals surface area contributed by atoms with Gasteiger partial charge in [-0.1, -0.05) is 137 Å². The minimum atomic E-state index is -4.78. The Morgan fingerprint density at radius 2 is 1.13 bits per heavy atom. The SMILES string of the molecule is CC/C=C/CC(O)/C=C/C=C/CCCCCCCC(=O)OC[C@H](COP(=O)(O)O)OC(=O)CCCCC/C=C\C/C=C\C/C=C\C/C=C\CCCCC. The summed E-state index contributed by atoms with van der Waals surface area (Å²) in [4.78, 5) is 42.8. The van der Waals surface area contributed by atoms with Crippen LogP contribution in [-0.2, 0) is 28.2 Å². The fourth-order valence-electron chi connectivity index (χ4n) is 4.98. The van der Waals surface area contributed by atoms with Gasteiger partial charge in [0.05, 0.1) is 12.7 Å². The summed E-state index contributed by atoms with van der Waals surface area (Å²) < 4.78 is 26.3. The number of carbonyl (C=O) groups is 2. The van der Waals surface area contributed by atoms with Crippen molar-refractivity contribution < 1.29 is 43.0 Å². The minimum Gasteiger partial charge on any atom is -0.462 e. The minimum absolute atomic E-state index is 0.154. The molecule has 0 saturated carbocycles. The third-order valence-electron chi connectivity index (χ3n) is 7.98. The van der Waals surface area contributed by atoms with Gasteiger partial charge in [-0.15, -0.1) is 0 Å². The van der Waals surface area contributed by atoms with E-state index in [0.29, 0.717) is 19.3 Å². The molecule has 9 nitrogen and oxygen atoms in total. The van der Waals surface area contributed by atoms with Gasteiger partial charge in [-0.3, -0.25) is 14.1 Å². The molecule has 53 heavy (non-hydrogen) atoms. The summed E-state index contributed by atoms with van der Waals surface area (Å²) in [5.74, 6) is -0.984. The van der Waals surface area contributed by atoms with Crippen LogP contribution in [0.2, 0.25) is 0 Å². The summed E-state index contributed by atoms with van der Waals surface area (Å²) in [5.41, 5.74) is 0. The van der Waals surface area contributed by atoms with Gasteiger partial charge in [0.1, 0.15) is 6.61 Å². The standard InChI is InChI=1S/C43H71O9P/c1-3-5-7-8-9-10-11-12-13-14-15-16-17-18-19-22-26-29-33-37-43(46)52-41(39-51-53(47,48)49)38-50-42(45)36-32-28-25-23-20-21-24-27-31-35-40(44)34-30-6-4-2/h6,9-10,12-13,15-16,18-19,24,27,30-31,35,40-41,44H,3-5,7-8,11,14,17,20-23,25-26,28-29,32-34,36-39H2,1-2H3,(H2,47,48,49)/b10-9-,13-12-,16-15-,19-18-,27-24+,30-6+,35-31+/t40?,41-/m1/s1. The lowest BCUT2D eigenvalue weighted by atomic mass is 10.1. The number of aliphatic hydroxyl groups excluding tert-OH is 1. The van der Waals surface area contributed by atoms with Gasteiger partial charge in [0.2, 0.25) is 0 Å². The van der Waals surface area contributed by atoms with Crippen LogP contribution >= 0.6 is 7.82 Å². The fraction of sp³-hybridized carbons (Fsp3) is 0.628. The summed E-state index contributed by atoms with van der Waals surface area (Å²) in [7, 11) is -4.78. The van der Waals surface area contributed by atoms with Crippen molar-refractivity contribution in [3.05, 3.63) is 85.1 Å². The summed E-state index contributed by atoms with van der Waals surface area (Å²) in [6.07, 6.45) is 46.3. The number of aliphatic hydroxyl groups is 1. The predicted octanol–water partition coefficient (Wildman–Crippen LogP) is 11.0. The van der Waals surface area contributed by atoms with E-state index in [1.54, 1.807) is 6.08 Å². The highest BCUT2D eigenvalue weighted by atomic mass is 31.2. The second-order valence-electron chi connectivity index (χ2n) is 13.1. The van der Waals surface area contributed by atoms with Crippen LogP contribution in [0.25, 0.3) is 0 Å². The van der Waals surface area contributed by atoms with Crippen LogP contribution in [0.5, 0.6) is 0 Å². The molecular formula is C43H71O9P. The van der Waals surface area contributed by atoms with E-state index in [1.165, 1.54) is 25.7 Å². The lowest BCUT2D eigenvalue weighted by molar-refractivity contribution is -0.161. The molecule has 0 amide bonds. The van der Waals surface area contributed by atoms with Crippen molar-refractivity contribution in [2.75, 3.05) is 13.2 Å². The predicted molar refractivity (Wildman–Crippen MR) is 217 cm³/mol. The molecule has 0 aliphatic heterocycles. The highest BCUT2D eigenvalue weighted by Gasteiger charge is 2.22. The molecule has 0 heterocycles. The van der Waals surface area contributed by atoms with Crippen molar-refractivity contribution >= 4 is 19.8 Å². The third kappa shape index (κ3) is 40.2. The molecular weight excluding hydrogens is 691 g/mol. The average molecular weight is 763 g/mol. The second-order valence-corrected chi connectivity index (χ2v) is 14.3. The van der Waals surface area contributed by atoms with Crippen molar-refractivity contribution in [3.63, 3.8) is 0 Å². The number of phosphoric acid groups is 1. The van der Waals surface area contributed by atoms with Crippen LogP contribution in [-0.4, -0.2) is 52.3 Å². The first kappa shape index (κ1) is 50.2. The molecule has 0 saturated heterocycles. The maximum absolute atomic E-state index is 12.4. The molecule has 0 radical (unpaired) electrons. The monoisotopic (exact) mass is 762 g/mol. The molecule has 0 aliphatic carbocycles. The number of unbranched alkanes of at least 4 members (excludes halogenated alkanes) is 11. The Morgan fingerprint density at radius 1 is 0.604 bits per heavy atom. The normalized spacial score (nSPS) is 14.0. The summed E-state index contributed by atoms with van der Waals surface area (Å²) in [6.45, 7) is 3.38. The first-order valence-corrected chi connectivity index (χ1v) is 21.5. The molecule has 10 heteroatoms. The first-order chi connectivity index (χ1) is 25.7. The fourth-order valence-corrected chi connectivity index (χ4v) is 5.34. The Morgan fingerprint density at radius 3 is 1.74 bits per heavy atom. The van der Waals surface area contributed by atoms with Gasteiger partial charge in [0.15, 0.2) is 6.10 Å². The van der Waals surface area contributed by atoms with Crippen LogP contribution in [0.3, 0.4) is 0 Å². The van der Waals surface area contributed by atoms with E-state index in [9.17, 15) is 19.3 Å². The van der Waals surface area contributed by atoms with E-state index in [-0.39, 0.29) is 19.4 Å². The average Bonchev–Trinajstić information content (AvgIpc) is 3.12. The number of carbonyl (C=O) groups excluding carboxylic acids is 2. The Kier molecular flexibility index (Phi) is 35.5. The zero-order valence-electron chi connectivity index (χ0n) is 32.7. The lowest BCUT2D eigenvalue weighted by Gasteiger charge is -2.18. The molecule has 0 spiro atoms. The van der Waals surface area contributed by atoms with Crippen molar-refractivity contribution in [1.29, 1.82) is 0 Å². The maximum Gasteiger partial charge on any atom is 0.469 e. The molecule has 0 aromatic heterocycles. The molecule has 302 valence electrons. The number of allylic oxidation sites excluding steroid dienone is 12. The van der Waals surface area contributed by atoms with Crippen LogP contribution in [0, 0.1) is 0 Å². The van der Waals surface area contributed by atoms with Crippen LogP contribution in [0.4, 0.5) is 0 Å². The van der Waals surface area contributed by atoms with E-state index in [2.05, 4.69) is 73.1 Å². The molecule has 3 N–H and O–H groups in total. The number of hydrogen-bond acceptors (Lipinski definition) is 7. The summed E-state index contributed by atoms with van der Waals surface area (Å²) >= 11 is 0. The van der Waals surface area contributed by atoms with Gasteiger partial charge in [-0.05, 0) is 83.5 Å². The van der Waals surface area contributed by atoms with Gasteiger partial charge < -0.3 is 24.4 Å². The topological polar surface area (TPSA) is 140 Å². The van der Waals surface area contributed by atoms with E-state index < -0.39 is 38.6 Å². The van der Waals surface area contributed by atoms with Crippen LogP contribution < -0.4 is 0 Å². The maximum atomic E-state index is 12.4. The number of hydrogen-bond donors (Lipinski definition) is 3. The van der Waals surface area contributed by atoms with E-state index in [0.717, 1.165) is 77.0 Å². The van der Waals surface area contributed by atoms with E-state index >= 15 is 0 Å². The highest BCUT2D eigenvalue weighted by molar-refractivity contribution is 7.46. The third-order valence-corrected chi connectivity index (χ3v) is 8.46.